The van der Waals surface area contributed by atoms with Crippen LogP contribution < -0.4 is 0 Å². The molecule has 1 aromatic carbocycles. The topological polar surface area (TPSA) is 53.8 Å². The van der Waals surface area contributed by atoms with E-state index in [0.717, 1.165) is 10.2 Å². The van der Waals surface area contributed by atoms with Crippen LogP contribution in [-0.4, -0.2) is 10.8 Å². The molecule has 1 aromatic heterocycles. The summed E-state index contributed by atoms with van der Waals surface area (Å²) in [6.45, 7) is 0. The molecule has 0 unspecified atom stereocenters. The summed E-state index contributed by atoms with van der Waals surface area (Å²) in [4.78, 5) is 16.2. The highest BCUT2D eigenvalue weighted by atomic mass is 79.9. The monoisotopic (exact) mass is 314 g/mol. The van der Waals surface area contributed by atoms with Crippen molar-refractivity contribution < 1.29 is 4.79 Å². The first kappa shape index (κ1) is 13.4. The van der Waals surface area contributed by atoms with Gasteiger partial charge in [-0.05, 0) is 46.6 Å². The van der Waals surface area contributed by atoms with Crippen LogP contribution in [0.25, 0.3) is 0 Å². The number of rotatable bonds is 4. The number of benzene rings is 1. The van der Waals surface area contributed by atoms with Crippen molar-refractivity contribution in [2.45, 2.75) is 12.8 Å². The van der Waals surface area contributed by atoms with Crippen LogP contribution in [0.3, 0.4) is 0 Å². The zero-order valence-electron chi connectivity index (χ0n) is 10.1. The smallest absolute Gasteiger partial charge is 0.163 e. The predicted octanol–water partition coefficient (Wildman–Crippen LogP) is 3.53. The number of hydrogen-bond acceptors (Lipinski definition) is 3. The Morgan fingerprint density at radius 1 is 1.32 bits per heavy atom. The lowest BCUT2D eigenvalue weighted by Gasteiger charge is -2.02. The molecule has 0 bridgehead atoms. The van der Waals surface area contributed by atoms with Gasteiger partial charge >= 0.3 is 0 Å². The molecule has 94 valence electrons. The van der Waals surface area contributed by atoms with E-state index in [1.54, 1.807) is 30.5 Å². The number of hydrogen-bond donors (Lipinski definition) is 0. The minimum absolute atomic E-state index is 0.0295. The number of aryl methyl sites for hydroxylation is 1. The van der Waals surface area contributed by atoms with Crippen molar-refractivity contribution in [1.29, 1.82) is 5.26 Å². The molecule has 0 aliphatic carbocycles. The second-order valence-corrected chi connectivity index (χ2v) is 5.00. The second kappa shape index (κ2) is 6.26. The van der Waals surface area contributed by atoms with Crippen LogP contribution in [0.5, 0.6) is 0 Å². The quantitative estimate of drug-likeness (QED) is 0.811. The maximum Gasteiger partial charge on any atom is 0.163 e. The number of Topliss-reactive ketones (excluding diaryl/α,β-unsaturated/α-hetero) is 1. The van der Waals surface area contributed by atoms with Gasteiger partial charge in [0.2, 0.25) is 0 Å². The highest BCUT2D eigenvalue weighted by molar-refractivity contribution is 9.10. The van der Waals surface area contributed by atoms with Gasteiger partial charge < -0.3 is 0 Å². The molecule has 19 heavy (non-hydrogen) atoms. The standard InChI is InChI=1S/C15H11BrN2O/c16-13-4-5-14(18-10-13)6-7-15(19)12-3-1-2-11(8-12)9-17/h1-5,8,10H,6-7H2. The van der Waals surface area contributed by atoms with Crippen LogP contribution in [0.15, 0.2) is 47.1 Å². The average molecular weight is 315 g/mol. The number of nitrogens with zero attached hydrogens (tertiary/aromatic N) is 2. The lowest BCUT2D eigenvalue weighted by Crippen LogP contribution is -2.02. The van der Waals surface area contributed by atoms with Gasteiger partial charge in [0.25, 0.3) is 0 Å². The number of aromatic nitrogens is 1. The van der Waals surface area contributed by atoms with E-state index in [1.807, 2.05) is 18.2 Å². The molecule has 0 aliphatic heterocycles. The van der Waals surface area contributed by atoms with Gasteiger partial charge in [0.1, 0.15) is 0 Å². The molecule has 1 heterocycles. The highest BCUT2D eigenvalue weighted by Gasteiger charge is 2.07. The average Bonchev–Trinajstić information content (AvgIpc) is 2.46. The molecule has 0 fully saturated rings. The molecule has 0 atom stereocenters. The van der Waals surface area contributed by atoms with Crippen LogP contribution in [0.4, 0.5) is 0 Å². The van der Waals surface area contributed by atoms with Gasteiger partial charge in [-0.2, -0.15) is 5.26 Å². The Kier molecular flexibility index (Phi) is 4.43. The lowest BCUT2D eigenvalue weighted by molar-refractivity contribution is 0.0982. The summed E-state index contributed by atoms with van der Waals surface area (Å²) in [6, 6.07) is 12.6. The molecule has 0 radical (unpaired) electrons. The van der Waals surface area contributed by atoms with Gasteiger partial charge in [-0.15, -0.1) is 0 Å². The second-order valence-electron chi connectivity index (χ2n) is 4.08. The van der Waals surface area contributed by atoms with Crippen molar-refractivity contribution in [3.8, 4) is 6.07 Å². The Labute approximate surface area is 120 Å². The summed E-state index contributed by atoms with van der Waals surface area (Å²) in [6.07, 6.45) is 2.71. The van der Waals surface area contributed by atoms with E-state index in [1.165, 1.54) is 0 Å². The fraction of sp³-hybridized carbons (Fsp3) is 0.133. The van der Waals surface area contributed by atoms with Crippen LogP contribution >= 0.6 is 15.9 Å². The number of ketones is 1. The van der Waals surface area contributed by atoms with Gasteiger partial charge in [0, 0.05) is 28.3 Å². The Balaban J connectivity index is 2.01. The predicted molar refractivity (Wildman–Crippen MR) is 75.7 cm³/mol. The van der Waals surface area contributed by atoms with Crippen LogP contribution in [0.2, 0.25) is 0 Å². The molecule has 0 saturated heterocycles. The van der Waals surface area contributed by atoms with Crippen LogP contribution in [-0.2, 0) is 6.42 Å². The molecule has 2 rings (SSSR count). The first-order valence-electron chi connectivity index (χ1n) is 5.83. The van der Waals surface area contributed by atoms with Crippen molar-refractivity contribution in [1.82, 2.24) is 4.98 Å². The van der Waals surface area contributed by atoms with E-state index in [4.69, 9.17) is 5.26 Å². The minimum Gasteiger partial charge on any atom is -0.294 e. The summed E-state index contributed by atoms with van der Waals surface area (Å²) in [5.74, 6) is 0.0295. The van der Waals surface area contributed by atoms with E-state index in [-0.39, 0.29) is 5.78 Å². The molecule has 0 saturated carbocycles. The summed E-state index contributed by atoms with van der Waals surface area (Å²) >= 11 is 3.32. The third-order valence-corrected chi connectivity index (χ3v) is 3.18. The minimum atomic E-state index is 0.0295. The largest absolute Gasteiger partial charge is 0.294 e. The van der Waals surface area contributed by atoms with Gasteiger partial charge in [0.15, 0.2) is 5.78 Å². The fourth-order valence-corrected chi connectivity index (χ4v) is 1.94. The van der Waals surface area contributed by atoms with E-state index in [9.17, 15) is 4.79 Å². The maximum atomic E-state index is 12.0. The molecule has 0 N–H and O–H groups in total. The van der Waals surface area contributed by atoms with E-state index in [2.05, 4.69) is 20.9 Å². The summed E-state index contributed by atoms with van der Waals surface area (Å²) in [7, 11) is 0. The molecular formula is C15H11BrN2O. The molecule has 0 amide bonds. The number of halogens is 1. The maximum absolute atomic E-state index is 12.0. The third kappa shape index (κ3) is 3.73. The Hall–Kier alpha value is -1.99. The zero-order valence-corrected chi connectivity index (χ0v) is 11.7. The number of nitriles is 1. The van der Waals surface area contributed by atoms with Gasteiger partial charge in [-0.3, -0.25) is 9.78 Å². The first-order valence-corrected chi connectivity index (χ1v) is 6.62. The van der Waals surface area contributed by atoms with Crippen molar-refractivity contribution in [3.05, 3.63) is 63.9 Å². The van der Waals surface area contributed by atoms with E-state index in [0.29, 0.717) is 24.0 Å². The SMILES string of the molecule is N#Cc1cccc(C(=O)CCc2ccc(Br)cn2)c1. The van der Waals surface area contributed by atoms with Crippen LogP contribution in [0, 0.1) is 11.3 Å². The summed E-state index contributed by atoms with van der Waals surface area (Å²) in [5.41, 5.74) is 1.97. The van der Waals surface area contributed by atoms with Crippen molar-refractivity contribution in [3.63, 3.8) is 0 Å². The third-order valence-electron chi connectivity index (χ3n) is 2.71. The van der Waals surface area contributed by atoms with Gasteiger partial charge in [0.05, 0.1) is 11.6 Å². The molecule has 2 aromatic rings. The number of carbonyl (C=O) groups is 1. The first-order chi connectivity index (χ1) is 9.19. The molecule has 0 aliphatic rings. The Bertz CT molecular complexity index is 629. The van der Waals surface area contributed by atoms with Gasteiger partial charge in [-0.1, -0.05) is 12.1 Å². The Morgan fingerprint density at radius 2 is 2.16 bits per heavy atom. The van der Waals surface area contributed by atoms with Crippen LogP contribution in [0.1, 0.15) is 28.0 Å². The number of pyridine rings is 1. The highest BCUT2D eigenvalue weighted by Crippen LogP contribution is 2.11. The molecule has 3 nitrogen and oxygen atoms in total. The molecular weight excluding hydrogens is 304 g/mol. The van der Waals surface area contributed by atoms with E-state index >= 15 is 0 Å². The summed E-state index contributed by atoms with van der Waals surface area (Å²) in [5, 5.41) is 8.80. The van der Waals surface area contributed by atoms with Crippen molar-refractivity contribution in [2.24, 2.45) is 0 Å². The fourth-order valence-electron chi connectivity index (χ4n) is 1.70. The summed E-state index contributed by atoms with van der Waals surface area (Å²) < 4.78 is 0.921. The Morgan fingerprint density at radius 3 is 2.84 bits per heavy atom. The zero-order chi connectivity index (χ0) is 13.7. The normalized spacial score (nSPS) is 9.89. The van der Waals surface area contributed by atoms with Crippen molar-refractivity contribution >= 4 is 21.7 Å². The molecule has 4 heteroatoms. The van der Waals surface area contributed by atoms with Crippen molar-refractivity contribution in [2.75, 3.05) is 0 Å². The number of carbonyl (C=O) groups excluding carboxylic acids is 1. The lowest BCUT2D eigenvalue weighted by atomic mass is 10.0. The van der Waals surface area contributed by atoms with E-state index < -0.39 is 0 Å². The van der Waals surface area contributed by atoms with Gasteiger partial charge in [-0.25, -0.2) is 0 Å². The molecule has 0 spiro atoms.